The van der Waals surface area contributed by atoms with Gasteiger partial charge in [-0.15, -0.1) is 0 Å². The second kappa shape index (κ2) is 12.2. The lowest BCUT2D eigenvalue weighted by Gasteiger charge is -2.14. The Labute approximate surface area is 237 Å². The molecule has 0 aliphatic carbocycles. The maximum atomic E-state index is 12.9. The van der Waals surface area contributed by atoms with Crippen LogP contribution < -0.4 is 24.8 Å². The minimum absolute atomic E-state index is 0.0303. The maximum Gasteiger partial charge on any atom is 0.329 e. The highest BCUT2D eigenvalue weighted by Gasteiger charge is 2.35. The largest absolute Gasteiger partial charge is 0.495 e. The normalized spacial score (nSPS) is 13.9. The van der Waals surface area contributed by atoms with Crippen molar-refractivity contribution >= 4 is 63.8 Å². The summed E-state index contributed by atoms with van der Waals surface area (Å²) in [5.74, 6) is 0.252. The summed E-state index contributed by atoms with van der Waals surface area (Å²) in [7, 11) is 2.99. The number of benzene rings is 3. The van der Waals surface area contributed by atoms with Crippen LogP contribution in [0.25, 0.3) is 6.08 Å². The molecule has 4 rings (SSSR count). The Morgan fingerprint density at radius 1 is 1.05 bits per heavy atom. The molecule has 0 spiro atoms. The minimum atomic E-state index is -0.696. The summed E-state index contributed by atoms with van der Waals surface area (Å²) < 4.78 is 17.4. The van der Waals surface area contributed by atoms with Crippen LogP contribution in [0.3, 0.4) is 0 Å². The lowest BCUT2D eigenvalue weighted by Crippen LogP contribution is -2.38. The number of imide groups is 1. The molecule has 0 aromatic heterocycles. The summed E-state index contributed by atoms with van der Waals surface area (Å²) in [6.07, 6.45) is 1.51. The summed E-state index contributed by atoms with van der Waals surface area (Å²) in [5, 5.41) is 5.77. The quantitative estimate of drug-likeness (QED) is 0.191. The molecule has 0 atom stereocenters. The van der Waals surface area contributed by atoms with Crippen molar-refractivity contribution in [1.82, 2.24) is 10.2 Å². The Bertz CT molecular complexity index is 1430. The molecule has 3 aromatic carbocycles. The Morgan fingerprint density at radius 2 is 1.76 bits per heavy atom. The van der Waals surface area contributed by atoms with Crippen molar-refractivity contribution in [2.75, 3.05) is 26.1 Å². The number of ether oxygens (including phenoxy) is 3. The number of urea groups is 1. The number of amides is 4. The number of methoxy groups -OCH3 is 2. The number of anilines is 1. The Kier molecular flexibility index (Phi) is 8.74. The summed E-state index contributed by atoms with van der Waals surface area (Å²) in [6.45, 7) is -0.220. The van der Waals surface area contributed by atoms with E-state index in [-0.39, 0.29) is 12.3 Å². The third-order valence-electron chi connectivity index (χ3n) is 5.54. The minimum Gasteiger partial charge on any atom is -0.495 e. The highest BCUT2D eigenvalue weighted by atomic mass is 127. The molecule has 196 valence electrons. The lowest BCUT2D eigenvalue weighted by atomic mass is 10.1. The summed E-state index contributed by atoms with van der Waals surface area (Å²) in [6, 6.07) is 17.0. The van der Waals surface area contributed by atoms with Gasteiger partial charge in [-0.1, -0.05) is 41.9 Å². The number of hydrogen-bond acceptors (Lipinski definition) is 6. The second-order valence-electron chi connectivity index (χ2n) is 8.04. The van der Waals surface area contributed by atoms with E-state index in [0.717, 1.165) is 14.0 Å². The van der Waals surface area contributed by atoms with Gasteiger partial charge in [0.05, 0.1) is 23.5 Å². The topological polar surface area (TPSA) is 106 Å². The van der Waals surface area contributed by atoms with Crippen LogP contribution in [-0.2, 0) is 16.2 Å². The average Bonchev–Trinajstić information content (AvgIpc) is 3.16. The van der Waals surface area contributed by atoms with Gasteiger partial charge in [-0.05, 0) is 64.6 Å². The van der Waals surface area contributed by atoms with E-state index in [1.165, 1.54) is 20.3 Å². The van der Waals surface area contributed by atoms with Gasteiger partial charge in [-0.2, -0.15) is 0 Å². The number of rotatable bonds is 9. The molecule has 3 aromatic rings. The lowest BCUT2D eigenvalue weighted by molar-refractivity contribution is -0.127. The van der Waals surface area contributed by atoms with Crippen LogP contribution in [-0.4, -0.2) is 43.5 Å². The van der Waals surface area contributed by atoms with Gasteiger partial charge in [0.15, 0.2) is 11.5 Å². The van der Waals surface area contributed by atoms with E-state index in [2.05, 4.69) is 33.2 Å². The standard InChI is InChI=1S/C27H23ClIN3O6/c1-36-22-10-6-5-9-20(22)30-24(33)14-32-26(34)21(31-27(32)35)12-16-11-19(29)25(23(13-16)37-2)38-15-17-7-3-4-8-18(17)28/h3-13H,14-15H2,1-2H3,(H,30,33)(H,31,35)/b21-12+. The SMILES string of the molecule is COc1ccccc1NC(=O)CN1C(=O)N/C(=C/c2cc(I)c(OCc3ccccc3Cl)c(OC)c2)C1=O. The molecular formula is C27H23ClIN3O6. The fourth-order valence-electron chi connectivity index (χ4n) is 3.69. The number of para-hydroxylation sites is 2. The van der Waals surface area contributed by atoms with Gasteiger partial charge in [0.2, 0.25) is 5.91 Å². The van der Waals surface area contributed by atoms with Crippen LogP contribution in [0.5, 0.6) is 17.2 Å². The average molecular weight is 648 g/mol. The number of carbonyl (C=O) groups excluding carboxylic acids is 3. The fraction of sp³-hybridized carbons (Fsp3) is 0.148. The first-order chi connectivity index (χ1) is 18.3. The van der Waals surface area contributed by atoms with Crippen molar-refractivity contribution in [3.63, 3.8) is 0 Å². The maximum absolute atomic E-state index is 12.9. The van der Waals surface area contributed by atoms with Crippen LogP contribution in [0.4, 0.5) is 10.5 Å². The molecule has 38 heavy (non-hydrogen) atoms. The zero-order valence-electron chi connectivity index (χ0n) is 20.4. The predicted molar refractivity (Wildman–Crippen MR) is 151 cm³/mol. The van der Waals surface area contributed by atoms with Crippen molar-refractivity contribution in [2.24, 2.45) is 0 Å². The van der Waals surface area contributed by atoms with Crippen molar-refractivity contribution in [2.45, 2.75) is 6.61 Å². The number of nitrogens with one attached hydrogen (secondary N) is 2. The van der Waals surface area contributed by atoms with Crippen molar-refractivity contribution < 1.29 is 28.6 Å². The Morgan fingerprint density at radius 3 is 2.50 bits per heavy atom. The van der Waals surface area contributed by atoms with Crippen molar-refractivity contribution in [1.29, 1.82) is 0 Å². The summed E-state index contributed by atoms with van der Waals surface area (Å²) >= 11 is 8.33. The van der Waals surface area contributed by atoms with E-state index in [1.54, 1.807) is 42.5 Å². The van der Waals surface area contributed by atoms with E-state index in [0.29, 0.717) is 33.5 Å². The van der Waals surface area contributed by atoms with E-state index >= 15 is 0 Å². The Balaban J connectivity index is 1.48. The molecule has 9 nitrogen and oxygen atoms in total. The van der Waals surface area contributed by atoms with Crippen LogP contribution in [0, 0.1) is 3.57 Å². The zero-order chi connectivity index (χ0) is 27.2. The summed E-state index contributed by atoms with van der Waals surface area (Å²) in [4.78, 5) is 38.8. The number of halogens is 2. The molecule has 1 saturated heterocycles. The van der Waals surface area contributed by atoms with Gasteiger partial charge in [0, 0.05) is 10.6 Å². The molecule has 0 unspecified atom stereocenters. The first-order valence-corrected chi connectivity index (χ1v) is 12.8. The molecule has 1 heterocycles. The molecule has 0 bridgehead atoms. The van der Waals surface area contributed by atoms with Crippen LogP contribution >= 0.6 is 34.2 Å². The molecule has 1 aliphatic rings. The molecule has 4 amide bonds. The third-order valence-corrected chi connectivity index (χ3v) is 6.71. The van der Waals surface area contributed by atoms with E-state index < -0.39 is 24.4 Å². The molecule has 11 heteroatoms. The van der Waals surface area contributed by atoms with E-state index in [1.807, 2.05) is 18.2 Å². The summed E-state index contributed by atoms with van der Waals surface area (Å²) in [5.41, 5.74) is 1.89. The molecule has 2 N–H and O–H groups in total. The van der Waals surface area contributed by atoms with E-state index in [4.69, 9.17) is 25.8 Å². The Hall–Kier alpha value is -3.77. The fourth-order valence-corrected chi connectivity index (χ4v) is 4.66. The third kappa shape index (κ3) is 6.20. The second-order valence-corrected chi connectivity index (χ2v) is 9.61. The van der Waals surface area contributed by atoms with Gasteiger partial charge in [0.1, 0.15) is 24.6 Å². The molecule has 1 aliphatic heterocycles. The van der Waals surface area contributed by atoms with Gasteiger partial charge < -0.3 is 24.8 Å². The van der Waals surface area contributed by atoms with Gasteiger partial charge in [0.25, 0.3) is 5.91 Å². The molecule has 0 saturated carbocycles. The van der Waals surface area contributed by atoms with Crippen molar-refractivity contribution in [3.8, 4) is 17.2 Å². The first kappa shape index (κ1) is 27.3. The van der Waals surface area contributed by atoms with Crippen LogP contribution in [0.15, 0.2) is 66.4 Å². The van der Waals surface area contributed by atoms with Gasteiger partial charge in [-0.25, -0.2) is 9.69 Å². The van der Waals surface area contributed by atoms with Crippen LogP contribution in [0.2, 0.25) is 5.02 Å². The number of nitrogens with zero attached hydrogens (tertiary/aromatic N) is 1. The predicted octanol–water partition coefficient (Wildman–Crippen LogP) is 5.07. The van der Waals surface area contributed by atoms with Gasteiger partial charge in [-0.3, -0.25) is 9.59 Å². The van der Waals surface area contributed by atoms with Gasteiger partial charge >= 0.3 is 6.03 Å². The van der Waals surface area contributed by atoms with E-state index in [9.17, 15) is 14.4 Å². The smallest absolute Gasteiger partial charge is 0.329 e. The highest BCUT2D eigenvalue weighted by Crippen LogP contribution is 2.36. The molecular weight excluding hydrogens is 625 g/mol. The van der Waals surface area contributed by atoms with Crippen LogP contribution in [0.1, 0.15) is 11.1 Å². The monoisotopic (exact) mass is 647 g/mol. The number of hydrogen-bond donors (Lipinski definition) is 2. The highest BCUT2D eigenvalue weighted by molar-refractivity contribution is 14.1. The zero-order valence-corrected chi connectivity index (χ0v) is 23.3. The molecule has 0 radical (unpaired) electrons. The molecule has 1 fully saturated rings. The number of carbonyl (C=O) groups is 3. The first-order valence-electron chi connectivity index (χ1n) is 11.3. The van der Waals surface area contributed by atoms with Crippen molar-refractivity contribution in [3.05, 3.63) is 86.1 Å².